The Morgan fingerprint density at radius 3 is 2.76 bits per heavy atom. The Labute approximate surface area is 124 Å². The molecule has 2 aromatic rings. The van der Waals surface area contributed by atoms with Crippen LogP contribution in [0.1, 0.15) is 23.0 Å². The van der Waals surface area contributed by atoms with E-state index in [1.54, 1.807) is 36.3 Å². The summed E-state index contributed by atoms with van der Waals surface area (Å²) in [6.45, 7) is 2.77. The van der Waals surface area contributed by atoms with E-state index in [0.29, 0.717) is 30.2 Å². The zero-order valence-electron chi connectivity index (χ0n) is 12.2. The van der Waals surface area contributed by atoms with Crippen molar-refractivity contribution >= 4 is 11.6 Å². The van der Waals surface area contributed by atoms with E-state index in [1.165, 1.54) is 0 Å². The first-order chi connectivity index (χ1) is 10.1. The molecule has 2 N–H and O–H groups in total. The maximum atomic E-state index is 12.6. The molecule has 0 atom stereocenters. The molecule has 0 aliphatic heterocycles. The largest absolute Gasteiger partial charge is 0.493 e. The lowest BCUT2D eigenvalue weighted by atomic mass is 10.1. The summed E-state index contributed by atoms with van der Waals surface area (Å²) in [5.74, 6) is 0.331. The first-order valence-corrected chi connectivity index (χ1v) is 6.80. The second-order valence-electron chi connectivity index (χ2n) is 4.64. The van der Waals surface area contributed by atoms with Crippen LogP contribution in [0, 0.1) is 0 Å². The molecule has 5 nitrogen and oxygen atoms in total. The molecular formula is C16H19N3O2. The van der Waals surface area contributed by atoms with E-state index < -0.39 is 0 Å². The lowest BCUT2D eigenvalue weighted by Crippen LogP contribution is -2.28. The molecule has 0 fully saturated rings. The van der Waals surface area contributed by atoms with Crippen molar-refractivity contribution in [3.8, 4) is 5.75 Å². The van der Waals surface area contributed by atoms with Crippen LogP contribution in [0.25, 0.3) is 0 Å². The Kier molecular flexibility index (Phi) is 4.77. The molecule has 1 aromatic heterocycles. The van der Waals surface area contributed by atoms with Gasteiger partial charge in [0.2, 0.25) is 0 Å². The molecule has 1 aromatic carbocycles. The highest BCUT2D eigenvalue weighted by Gasteiger charge is 2.20. The number of rotatable bonds is 5. The first kappa shape index (κ1) is 14.8. The minimum Gasteiger partial charge on any atom is -0.493 e. The number of pyridine rings is 1. The van der Waals surface area contributed by atoms with Gasteiger partial charge in [0.25, 0.3) is 5.91 Å². The second kappa shape index (κ2) is 6.74. The maximum absolute atomic E-state index is 12.6. The number of hydrogen-bond donors (Lipinski definition) is 1. The Balaban J connectivity index is 2.23. The van der Waals surface area contributed by atoms with Gasteiger partial charge in [-0.2, -0.15) is 0 Å². The first-order valence-electron chi connectivity index (χ1n) is 6.80. The van der Waals surface area contributed by atoms with Crippen molar-refractivity contribution < 1.29 is 9.53 Å². The lowest BCUT2D eigenvalue weighted by molar-refractivity contribution is 0.0780. The van der Waals surface area contributed by atoms with Gasteiger partial charge < -0.3 is 15.4 Å². The highest BCUT2D eigenvalue weighted by molar-refractivity contribution is 6.01. The zero-order chi connectivity index (χ0) is 15.2. The molecule has 0 radical (unpaired) electrons. The van der Waals surface area contributed by atoms with Crippen molar-refractivity contribution in [2.75, 3.05) is 19.4 Å². The number of carbonyl (C=O) groups excluding carboxylic acids is 1. The predicted octanol–water partition coefficient (Wildman–Crippen LogP) is 2.33. The lowest BCUT2D eigenvalue weighted by Gasteiger charge is -2.19. The molecule has 0 saturated carbocycles. The van der Waals surface area contributed by atoms with Crippen molar-refractivity contribution in [2.24, 2.45) is 0 Å². The number of nitrogens with two attached hydrogens (primary N) is 1. The third-order valence-corrected chi connectivity index (χ3v) is 3.04. The number of hydrogen-bond acceptors (Lipinski definition) is 4. The number of carbonyl (C=O) groups is 1. The monoisotopic (exact) mass is 285 g/mol. The second-order valence-corrected chi connectivity index (χ2v) is 4.64. The molecule has 110 valence electrons. The number of benzene rings is 1. The highest BCUT2D eigenvalue weighted by atomic mass is 16.5. The van der Waals surface area contributed by atoms with Crippen LogP contribution in [-0.4, -0.2) is 29.4 Å². The van der Waals surface area contributed by atoms with Crippen LogP contribution in [0.15, 0.2) is 42.6 Å². The Morgan fingerprint density at radius 2 is 2.10 bits per heavy atom. The summed E-state index contributed by atoms with van der Waals surface area (Å²) in [6.07, 6.45) is 1.70. The van der Waals surface area contributed by atoms with Crippen LogP contribution in [0.3, 0.4) is 0 Å². The maximum Gasteiger partial charge on any atom is 0.259 e. The van der Waals surface area contributed by atoms with E-state index in [-0.39, 0.29) is 5.91 Å². The molecule has 0 bridgehead atoms. The Morgan fingerprint density at radius 1 is 1.29 bits per heavy atom. The summed E-state index contributed by atoms with van der Waals surface area (Å²) in [4.78, 5) is 18.4. The van der Waals surface area contributed by atoms with Crippen LogP contribution in [0.2, 0.25) is 0 Å². The van der Waals surface area contributed by atoms with Crippen LogP contribution >= 0.6 is 0 Å². The minimum absolute atomic E-state index is 0.179. The van der Waals surface area contributed by atoms with E-state index in [1.807, 2.05) is 25.1 Å². The average molecular weight is 285 g/mol. The van der Waals surface area contributed by atoms with Crippen molar-refractivity contribution in [1.29, 1.82) is 0 Å². The van der Waals surface area contributed by atoms with Crippen LogP contribution in [0.5, 0.6) is 5.75 Å². The number of amides is 1. The number of nitrogens with zero attached hydrogens (tertiary/aromatic N) is 2. The van der Waals surface area contributed by atoms with Crippen LogP contribution in [0.4, 0.5) is 5.69 Å². The van der Waals surface area contributed by atoms with Crippen molar-refractivity contribution in [3.63, 3.8) is 0 Å². The van der Waals surface area contributed by atoms with Crippen LogP contribution in [-0.2, 0) is 6.54 Å². The quantitative estimate of drug-likeness (QED) is 0.856. The van der Waals surface area contributed by atoms with E-state index in [4.69, 9.17) is 10.5 Å². The summed E-state index contributed by atoms with van der Waals surface area (Å²) in [7, 11) is 1.72. The summed E-state index contributed by atoms with van der Waals surface area (Å²) in [5, 5.41) is 0. The van der Waals surface area contributed by atoms with Gasteiger partial charge in [0.1, 0.15) is 11.3 Å². The summed E-state index contributed by atoms with van der Waals surface area (Å²) < 4.78 is 5.50. The molecule has 2 rings (SSSR count). The molecular weight excluding hydrogens is 266 g/mol. The fourth-order valence-electron chi connectivity index (χ4n) is 2.05. The molecule has 0 saturated heterocycles. The van der Waals surface area contributed by atoms with Gasteiger partial charge in [-0.25, -0.2) is 0 Å². The zero-order valence-corrected chi connectivity index (χ0v) is 12.2. The van der Waals surface area contributed by atoms with Gasteiger partial charge in [-0.1, -0.05) is 12.1 Å². The number of nitrogen functional groups attached to an aromatic ring is 1. The third-order valence-electron chi connectivity index (χ3n) is 3.04. The average Bonchev–Trinajstić information content (AvgIpc) is 2.48. The molecule has 1 amide bonds. The highest BCUT2D eigenvalue weighted by Crippen LogP contribution is 2.26. The molecule has 5 heteroatoms. The van der Waals surface area contributed by atoms with Crippen LogP contribution < -0.4 is 10.5 Å². The van der Waals surface area contributed by atoms with E-state index in [0.717, 1.165) is 5.69 Å². The van der Waals surface area contributed by atoms with E-state index >= 15 is 0 Å². The predicted molar refractivity (Wildman–Crippen MR) is 82.1 cm³/mol. The fraction of sp³-hybridized carbons (Fsp3) is 0.250. The van der Waals surface area contributed by atoms with Crippen molar-refractivity contribution in [2.45, 2.75) is 13.5 Å². The van der Waals surface area contributed by atoms with Gasteiger partial charge in [-0.3, -0.25) is 9.78 Å². The molecule has 21 heavy (non-hydrogen) atoms. The van der Waals surface area contributed by atoms with Gasteiger partial charge in [0.05, 0.1) is 18.8 Å². The fourth-order valence-corrected chi connectivity index (χ4v) is 2.05. The van der Waals surface area contributed by atoms with Crippen molar-refractivity contribution in [1.82, 2.24) is 9.88 Å². The van der Waals surface area contributed by atoms with Gasteiger partial charge in [-0.05, 0) is 31.2 Å². The summed E-state index contributed by atoms with van der Waals surface area (Å²) in [5.41, 5.74) is 7.58. The Hall–Kier alpha value is -2.56. The molecule has 0 aliphatic rings. The number of anilines is 1. The molecule has 0 aliphatic carbocycles. The van der Waals surface area contributed by atoms with Gasteiger partial charge in [-0.15, -0.1) is 0 Å². The molecule has 0 spiro atoms. The number of ether oxygens (including phenoxy) is 1. The topological polar surface area (TPSA) is 68.5 Å². The summed E-state index contributed by atoms with van der Waals surface area (Å²) >= 11 is 0. The SMILES string of the molecule is CCOc1cccc(N)c1C(=O)N(C)Cc1ccccn1. The minimum atomic E-state index is -0.179. The van der Waals surface area contributed by atoms with E-state index in [9.17, 15) is 4.79 Å². The molecule has 0 unspecified atom stereocenters. The summed E-state index contributed by atoms with van der Waals surface area (Å²) in [6, 6.07) is 10.8. The van der Waals surface area contributed by atoms with Crippen molar-refractivity contribution in [3.05, 3.63) is 53.9 Å². The third kappa shape index (κ3) is 3.51. The van der Waals surface area contributed by atoms with Gasteiger partial charge >= 0.3 is 0 Å². The van der Waals surface area contributed by atoms with Gasteiger partial charge in [0.15, 0.2) is 0 Å². The van der Waals surface area contributed by atoms with E-state index in [2.05, 4.69) is 4.98 Å². The number of aromatic nitrogens is 1. The normalized spacial score (nSPS) is 10.2. The Bertz CT molecular complexity index is 614. The standard InChI is InChI=1S/C16H19N3O2/c1-3-21-14-9-6-8-13(17)15(14)16(20)19(2)11-12-7-4-5-10-18-12/h4-10H,3,11,17H2,1-2H3. The smallest absolute Gasteiger partial charge is 0.259 e. The van der Waals surface area contributed by atoms with Gasteiger partial charge in [0, 0.05) is 18.9 Å². The molecule has 1 heterocycles.